The smallest absolute Gasteiger partial charge is 0.0638 e. The van der Waals surface area contributed by atoms with Crippen molar-refractivity contribution in [3.05, 3.63) is 17.5 Å². The lowest BCUT2D eigenvalue weighted by molar-refractivity contribution is 0.449. The fourth-order valence-corrected chi connectivity index (χ4v) is 1.81. The van der Waals surface area contributed by atoms with Gasteiger partial charge in [0.05, 0.1) is 5.69 Å². The maximum absolute atomic E-state index is 4.33. The predicted octanol–water partition coefficient (Wildman–Crippen LogP) is 2.25. The van der Waals surface area contributed by atoms with E-state index in [1.165, 1.54) is 18.4 Å². The minimum absolute atomic E-state index is 0.807. The first-order chi connectivity index (χ1) is 7.17. The van der Waals surface area contributed by atoms with E-state index in [9.17, 15) is 0 Å². The molecule has 0 saturated heterocycles. The van der Waals surface area contributed by atoms with E-state index < -0.39 is 0 Å². The van der Waals surface area contributed by atoms with Crippen molar-refractivity contribution in [1.29, 1.82) is 0 Å². The Morgan fingerprint density at radius 2 is 2.07 bits per heavy atom. The second kappa shape index (κ2) is 5.91. The number of nitrogens with one attached hydrogen (secondary N) is 1. The molecule has 0 spiro atoms. The number of nitrogens with zero attached hydrogens (tertiary/aromatic N) is 2. The van der Waals surface area contributed by atoms with Crippen molar-refractivity contribution < 1.29 is 0 Å². The van der Waals surface area contributed by atoms with Crippen LogP contribution in [-0.2, 0) is 13.6 Å². The van der Waals surface area contributed by atoms with Crippen molar-refractivity contribution in [3.63, 3.8) is 0 Å². The average Bonchev–Trinajstić information content (AvgIpc) is 2.52. The molecule has 0 unspecified atom stereocenters. The zero-order valence-corrected chi connectivity index (χ0v) is 10.4. The summed E-state index contributed by atoms with van der Waals surface area (Å²) in [4.78, 5) is 0. The monoisotopic (exact) mass is 209 g/mol. The lowest BCUT2D eigenvalue weighted by Gasteiger charge is -2.12. The highest BCUT2D eigenvalue weighted by Crippen LogP contribution is 2.07. The quantitative estimate of drug-likeness (QED) is 0.779. The molecule has 0 fully saturated rings. The highest BCUT2D eigenvalue weighted by atomic mass is 15.2. The van der Waals surface area contributed by atoms with Crippen LogP contribution in [0.25, 0.3) is 0 Å². The molecule has 1 N–H and O–H groups in total. The first-order valence-electron chi connectivity index (χ1n) is 5.87. The van der Waals surface area contributed by atoms with Crippen LogP contribution in [0.4, 0.5) is 0 Å². The van der Waals surface area contributed by atoms with Crippen LogP contribution in [0.5, 0.6) is 0 Å². The van der Waals surface area contributed by atoms with E-state index in [1.807, 2.05) is 11.7 Å². The van der Waals surface area contributed by atoms with Gasteiger partial charge in [-0.05, 0) is 19.4 Å². The molecule has 0 amide bonds. The Labute approximate surface area is 92.9 Å². The summed E-state index contributed by atoms with van der Waals surface area (Å²) in [7, 11) is 1.97. The van der Waals surface area contributed by atoms with E-state index in [0.717, 1.165) is 24.7 Å². The second-order valence-electron chi connectivity index (χ2n) is 4.23. The molecular weight excluding hydrogens is 186 g/mol. The van der Waals surface area contributed by atoms with E-state index in [4.69, 9.17) is 0 Å². The predicted molar refractivity (Wildman–Crippen MR) is 63.7 cm³/mol. The Morgan fingerprint density at radius 1 is 1.40 bits per heavy atom. The van der Waals surface area contributed by atoms with Gasteiger partial charge in [-0.25, -0.2) is 0 Å². The van der Waals surface area contributed by atoms with E-state index in [2.05, 4.69) is 37.4 Å². The number of aryl methyl sites for hydroxylation is 2. The van der Waals surface area contributed by atoms with Crippen LogP contribution in [0.2, 0.25) is 0 Å². The van der Waals surface area contributed by atoms with Gasteiger partial charge in [0, 0.05) is 25.4 Å². The average molecular weight is 209 g/mol. The van der Waals surface area contributed by atoms with Gasteiger partial charge in [-0.3, -0.25) is 4.68 Å². The summed E-state index contributed by atoms with van der Waals surface area (Å²) < 4.78 is 1.88. The molecule has 0 atom stereocenters. The molecule has 1 aromatic heterocycles. The summed E-state index contributed by atoms with van der Waals surface area (Å²) in [6.45, 7) is 8.63. The van der Waals surface area contributed by atoms with Gasteiger partial charge in [-0.15, -0.1) is 0 Å². The highest BCUT2D eigenvalue weighted by Gasteiger charge is 2.05. The Hall–Kier alpha value is -0.830. The molecule has 0 saturated carbocycles. The number of rotatable bonds is 6. The molecule has 1 aromatic rings. The van der Waals surface area contributed by atoms with Crippen LogP contribution in [-0.4, -0.2) is 16.3 Å². The van der Waals surface area contributed by atoms with Crippen molar-refractivity contribution in [2.45, 2.75) is 40.2 Å². The van der Waals surface area contributed by atoms with Crippen molar-refractivity contribution in [2.75, 3.05) is 6.54 Å². The topological polar surface area (TPSA) is 29.9 Å². The van der Waals surface area contributed by atoms with Gasteiger partial charge < -0.3 is 5.32 Å². The molecule has 0 aliphatic heterocycles. The van der Waals surface area contributed by atoms with Crippen LogP contribution in [0.3, 0.4) is 0 Å². The van der Waals surface area contributed by atoms with Gasteiger partial charge in [0.15, 0.2) is 0 Å². The Morgan fingerprint density at radius 3 is 2.53 bits per heavy atom. The summed E-state index contributed by atoms with van der Waals surface area (Å²) >= 11 is 0. The van der Waals surface area contributed by atoms with E-state index in [1.54, 1.807) is 0 Å². The Bertz CT molecular complexity index is 287. The summed E-state index contributed by atoms with van der Waals surface area (Å²) in [5.41, 5.74) is 2.44. The van der Waals surface area contributed by atoms with Gasteiger partial charge in [-0.2, -0.15) is 5.10 Å². The summed E-state index contributed by atoms with van der Waals surface area (Å²) in [5.74, 6) is 0.807. The molecule has 86 valence electrons. The van der Waals surface area contributed by atoms with Crippen LogP contribution >= 0.6 is 0 Å². The molecule has 0 radical (unpaired) electrons. The number of aromatic nitrogens is 2. The third-order valence-corrected chi connectivity index (χ3v) is 3.02. The van der Waals surface area contributed by atoms with Gasteiger partial charge in [-0.1, -0.05) is 26.7 Å². The zero-order chi connectivity index (χ0) is 11.3. The summed E-state index contributed by atoms with van der Waals surface area (Å²) in [6.07, 6.45) is 4.61. The molecule has 3 heteroatoms. The van der Waals surface area contributed by atoms with E-state index in [0.29, 0.717) is 0 Å². The fraction of sp³-hybridized carbons (Fsp3) is 0.750. The van der Waals surface area contributed by atoms with Crippen LogP contribution in [0, 0.1) is 12.8 Å². The fourth-order valence-electron chi connectivity index (χ4n) is 1.81. The largest absolute Gasteiger partial charge is 0.312 e. The molecule has 1 heterocycles. The second-order valence-corrected chi connectivity index (χ2v) is 4.23. The lowest BCUT2D eigenvalue weighted by atomic mass is 10.0. The van der Waals surface area contributed by atoms with Crippen molar-refractivity contribution in [3.8, 4) is 0 Å². The van der Waals surface area contributed by atoms with Crippen molar-refractivity contribution in [1.82, 2.24) is 15.1 Å². The summed E-state index contributed by atoms with van der Waals surface area (Å²) in [5, 5.41) is 7.83. The molecule has 0 aliphatic carbocycles. The first-order valence-corrected chi connectivity index (χ1v) is 5.87. The zero-order valence-electron chi connectivity index (χ0n) is 10.4. The molecule has 0 aliphatic rings. The van der Waals surface area contributed by atoms with Crippen molar-refractivity contribution >= 4 is 0 Å². The van der Waals surface area contributed by atoms with E-state index in [-0.39, 0.29) is 0 Å². The third kappa shape index (κ3) is 3.67. The van der Waals surface area contributed by atoms with Gasteiger partial charge in [0.1, 0.15) is 0 Å². The van der Waals surface area contributed by atoms with Gasteiger partial charge >= 0.3 is 0 Å². The Balaban J connectivity index is 2.34. The van der Waals surface area contributed by atoms with Gasteiger partial charge in [0.25, 0.3) is 0 Å². The van der Waals surface area contributed by atoms with Crippen LogP contribution < -0.4 is 5.32 Å². The molecular formula is C12H23N3. The van der Waals surface area contributed by atoms with Crippen LogP contribution in [0.1, 0.15) is 37.9 Å². The number of hydrogen-bond acceptors (Lipinski definition) is 2. The minimum Gasteiger partial charge on any atom is -0.312 e. The lowest BCUT2D eigenvalue weighted by Crippen LogP contribution is -2.21. The Kier molecular flexibility index (Phi) is 4.82. The minimum atomic E-state index is 0.807. The van der Waals surface area contributed by atoms with Crippen molar-refractivity contribution in [2.24, 2.45) is 13.0 Å². The molecule has 3 nitrogen and oxygen atoms in total. The standard InChI is InChI=1S/C12H23N3/c1-5-11(6-2)7-13-8-12-9-15(4)14-10(12)3/h9,11,13H,5-8H2,1-4H3. The summed E-state index contributed by atoms with van der Waals surface area (Å²) in [6, 6.07) is 0. The highest BCUT2D eigenvalue weighted by molar-refractivity contribution is 5.14. The SMILES string of the molecule is CCC(CC)CNCc1cn(C)nc1C. The maximum atomic E-state index is 4.33. The molecule has 1 rings (SSSR count). The third-order valence-electron chi connectivity index (χ3n) is 3.02. The molecule has 0 aromatic carbocycles. The van der Waals surface area contributed by atoms with Gasteiger partial charge in [0.2, 0.25) is 0 Å². The van der Waals surface area contributed by atoms with E-state index >= 15 is 0 Å². The maximum Gasteiger partial charge on any atom is 0.0638 e. The number of hydrogen-bond donors (Lipinski definition) is 1. The molecule has 0 bridgehead atoms. The normalized spacial score (nSPS) is 11.3. The molecule has 15 heavy (non-hydrogen) atoms. The first kappa shape index (κ1) is 12.2. The van der Waals surface area contributed by atoms with Crippen LogP contribution in [0.15, 0.2) is 6.20 Å².